The molecule has 1 fully saturated rings. The number of thioether (sulfide) groups is 1. The SMILES string of the molecule is CSc1ccc(NC(=O)CN2CCCC2c2ccc3c(c2)OCCCO3)cc1. The largest absolute Gasteiger partial charge is 0.490 e. The van der Waals surface area contributed by atoms with E-state index in [0.29, 0.717) is 19.8 Å². The summed E-state index contributed by atoms with van der Waals surface area (Å²) in [5.41, 5.74) is 2.04. The summed E-state index contributed by atoms with van der Waals surface area (Å²) < 4.78 is 11.6. The summed E-state index contributed by atoms with van der Waals surface area (Å²) in [5.74, 6) is 1.66. The molecule has 1 unspecified atom stereocenters. The first-order chi connectivity index (χ1) is 13.7. The van der Waals surface area contributed by atoms with Gasteiger partial charge in [-0.15, -0.1) is 11.8 Å². The van der Waals surface area contributed by atoms with Gasteiger partial charge in [0, 0.05) is 23.0 Å². The molecule has 0 aliphatic carbocycles. The minimum Gasteiger partial charge on any atom is -0.490 e. The maximum atomic E-state index is 12.6. The van der Waals surface area contributed by atoms with Crippen molar-refractivity contribution in [2.24, 2.45) is 0 Å². The topological polar surface area (TPSA) is 50.8 Å². The fraction of sp³-hybridized carbons (Fsp3) is 0.409. The average Bonchev–Trinajstić information content (AvgIpc) is 3.03. The quantitative estimate of drug-likeness (QED) is 0.759. The van der Waals surface area contributed by atoms with Crippen molar-refractivity contribution >= 4 is 23.4 Å². The number of benzene rings is 2. The van der Waals surface area contributed by atoms with E-state index in [4.69, 9.17) is 9.47 Å². The highest BCUT2D eigenvalue weighted by atomic mass is 32.2. The van der Waals surface area contributed by atoms with Crippen LogP contribution in [0.4, 0.5) is 5.69 Å². The summed E-state index contributed by atoms with van der Waals surface area (Å²) in [7, 11) is 0. The van der Waals surface area contributed by atoms with Gasteiger partial charge in [0.05, 0.1) is 19.8 Å². The van der Waals surface area contributed by atoms with Gasteiger partial charge in [0.1, 0.15) is 0 Å². The van der Waals surface area contributed by atoms with Crippen molar-refractivity contribution in [2.75, 3.05) is 37.9 Å². The molecule has 148 valence electrons. The third kappa shape index (κ3) is 4.45. The second kappa shape index (κ2) is 8.88. The Morgan fingerprint density at radius 1 is 1.11 bits per heavy atom. The molecular formula is C22H26N2O3S. The van der Waals surface area contributed by atoms with Crippen LogP contribution in [0.3, 0.4) is 0 Å². The molecule has 0 saturated carbocycles. The van der Waals surface area contributed by atoms with Gasteiger partial charge in [-0.2, -0.15) is 0 Å². The number of rotatable bonds is 5. The van der Waals surface area contributed by atoms with Gasteiger partial charge in [0.25, 0.3) is 0 Å². The number of nitrogens with zero attached hydrogens (tertiary/aromatic N) is 1. The molecule has 5 nitrogen and oxygen atoms in total. The minimum absolute atomic E-state index is 0.0261. The standard InChI is InChI=1S/C22H26N2O3S/c1-28-18-8-6-17(7-9-18)23-22(25)15-24-11-2-4-19(24)16-5-10-20-21(14-16)27-13-3-12-26-20/h5-10,14,19H,2-4,11-13,15H2,1H3,(H,23,25). The third-order valence-corrected chi connectivity index (χ3v) is 5.98. The predicted octanol–water partition coefficient (Wildman–Crippen LogP) is 4.35. The van der Waals surface area contributed by atoms with Gasteiger partial charge in [0.15, 0.2) is 11.5 Å². The van der Waals surface area contributed by atoms with E-state index in [-0.39, 0.29) is 11.9 Å². The van der Waals surface area contributed by atoms with Gasteiger partial charge in [-0.25, -0.2) is 0 Å². The highest BCUT2D eigenvalue weighted by Gasteiger charge is 2.28. The number of ether oxygens (including phenoxy) is 2. The van der Waals surface area contributed by atoms with Crippen LogP contribution in [-0.2, 0) is 4.79 Å². The van der Waals surface area contributed by atoms with E-state index >= 15 is 0 Å². The van der Waals surface area contributed by atoms with Gasteiger partial charge in [0.2, 0.25) is 5.91 Å². The number of fused-ring (bicyclic) bond motifs is 1. The Balaban J connectivity index is 1.41. The zero-order valence-electron chi connectivity index (χ0n) is 16.1. The number of likely N-dealkylation sites (tertiary alicyclic amines) is 1. The number of carbonyl (C=O) groups excluding carboxylic acids is 1. The lowest BCUT2D eigenvalue weighted by Gasteiger charge is -2.25. The van der Waals surface area contributed by atoms with Crippen LogP contribution in [-0.4, -0.2) is 43.4 Å². The van der Waals surface area contributed by atoms with Gasteiger partial charge >= 0.3 is 0 Å². The van der Waals surface area contributed by atoms with E-state index < -0.39 is 0 Å². The smallest absolute Gasteiger partial charge is 0.238 e. The Kier molecular flexibility index (Phi) is 6.07. The monoisotopic (exact) mass is 398 g/mol. The fourth-order valence-electron chi connectivity index (χ4n) is 3.84. The lowest BCUT2D eigenvalue weighted by Crippen LogP contribution is -2.32. The summed E-state index contributed by atoms with van der Waals surface area (Å²) in [6.45, 7) is 2.70. The summed E-state index contributed by atoms with van der Waals surface area (Å²) >= 11 is 1.69. The zero-order valence-corrected chi connectivity index (χ0v) is 17.0. The van der Waals surface area contributed by atoms with Crippen molar-refractivity contribution < 1.29 is 14.3 Å². The Labute approximate surface area is 170 Å². The Morgan fingerprint density at radius 3 is 2.68 bits per heavy atom. The van der Waals surface area contributed by atoms with Crippen LogP contribution < -0.4 is 14.8 Å². The summed E-state index contributed by atoms with van der Waals surface area (Å²) in [5, 5.41) is 3.02. The van der Waals surface area contributed by atoms with E-state index in [1.807, 2.05) is 36.6 Å². The molecule has 6 heteroatoms. The van der Waals surface area contributed by atoms with Crippen molar-refractivity contribution in [3.05, 3.63) is 48.0 Å². The van der Waals surface area contributed by atoms with E-state index in [1.165, 1.54) is 10.5 Å². The zero-order chi connectivity index (χ0) is 19.3. The first-order valence-electron chi connectivity index (χ1n) is 9.80. The van der Waals surface area contributed by atoms with E-state index in [0.717, 1.165) is 43.0 Å². The lowest BCUT2D eigenvalue weighted by molar-refractivity contribution is -0.117. The molecule has 2 aromatic rings. The van der Waals surface area contributed by atoms with E-state index in [9.17, 15) is 4.79 Å². The van der Waals surface area contributed by atoms with Crippen LogP contribution in [0.5, 0.6) is 11.5 Å². The Bertz CT molecular complexity index is 825. The fourth-order valence-corrected chi connectivity index (χ4v) is 4.25. The number of anilines is 1. The first-order valence-corrected chi connectivity index (χ1v) is 11.0. The minimum atomic E-state index is 0.0261. The normalized spacial score (nSPS) is 19.2. The molecular weight excluding hydrogens is 372 g/mol. The second-order valence-corrected chi connectivity index (χ2v) is 8.04. The van der Waals surface area contributed by atoms with E-state index in [2.05, 4.69) is 22.3 Å². The summed E-state index contributed by atoms with van der Waals surface area (Å²) in [6.07, 6.45) is 5.09. The molecule has 1 saturated heterocycles. The Hall–Kier alpha value is -2.18. The van der Waals surface area contributed by atoms with Crippen molar-refractivity contribution in [3.8, 4) is 11.5 Å². The number of hydrogen-bond donors (Lipinski definition) is 1. The molecule has 4 rings (SSSR count). The molecule has 0 aromatic heterocycles. The Morgan fingerprint density at radius 2 is 1.89 bits per heavy atom. The van der Waals surface area contributed by atoms with Crippen LogP contribution in [0, 0.1) is 0 Å². The number of carbonyl (C=O) groups is 1. The van der Waals surface area contributed by atoms with Crippen LogP contribution in [0.25, 0.3) is 0 Å². The third-order valence-electron chi connectivity index (χ3n) is 5.24. The molecule has 0 radical (unpaired) electrons. The maximum Gasteiger partial charge on any atom is 0.238 e. The molecule has 0 spiro atoms. The van der Waals surface area contributed by atoms with Crippen molar-refractivity contribution in [1.29, 1.82) is 0 Å². The van der Waals surface area contributed by atoms with Crippen LogP contribution in [0.1, 0.15) is 30.9 Å². The van der Waals surface area contributed by atoms with Crippen molar-refractivity contribution in [3.63, 3.8) is 0 Å². The molecule has 28 heavy (non-hydrogen) atoms. The van der Waals surface area contributed by atoms with Crippen LogP contribution in [0.15, 0.2) is 47.4 Å². The average molecular weight is 399 g/mol. The van der Waals surface area contributed by atoms with Crippen molar-refractivity contribution in [1.82, 2.24) is 4.90 Å². The second-order valence-electron chi connectivity index (χ2n) is 7.16. The van der Waals surface area contributed by atoms with Crippen molar-refractivity contribution in [2.45, 2.75) is 30.2 Å². The molecule has 2 aliphatic heterocycles. The molecule has 1 atom stereocenters. The molecule has 1 amide bonds. The maximum absolute atomic E-state index is 12.6. The van der Waals surface area contributed by atoms with Crippen LogP contribution in [0.2, 0.25) is 0 Å². The van der Waals surface area contributed by atoms with E-state index in [1.54, 1.807) is 11.8 Å². The van der Waals surface area contributed by atoms with Crippen LogP contribution >= 0.6 is 11.8 Å². The number of nitrogens with one attached hydrogen (secondary N) is 1. The highest BCUT2D eigenvalue weighted by molar-refractivity contribution is 7.98. The lowest BCUT2D eigenvalue weighted by atomic mass is 10.0. The predicted molar refractivity (Wildman–Crippen MR) is 112 cm³/mol. The van der Waals surface area contributed by atoms with Gasteiger partial charge in [-0.1, -0.05) is 6.07 Å². The van der Waals surface area contributed by atoms with Gasteiger partial charge in [-0.3, -0.25) is 9.69 Å². The number of hydrogen-bond acceptors (Lipinski definition) is 5. The number of amides is 1. The molecule has 1 N–H and O–H groups in total. The summed E-state index contributed by atoms with van der Waals surface area (Å²) in [6, 6.07) is 14.4. The highest BCUT2D eigenvalue weighted by Crippen LogP contribution is 2.37. The molecule has 2 heterocycles. The summed E-state index contributed by atoms with van der Waals surface area (Å²) in [4.78, 5) is 16.0. The molecule has 2 aromatic carbocycles. The van der Waals surface area contributed by atoms with Gasteiger partial charge < -0.3 is 14.8 Å². The van der Waals surface area contributed by atoms with Gasteiger partial charge in [-0.05, 0) is 67.6 Å². The molecule has 2 aliphatic rings. The first kappa shape index (κ1) is 19.2. The molecule has 0 bridgehead atoms.